The highest BCUT2D eigenvalue weighted by atomic mass is 16.5. The lowest BCUT2D eigenvalue weighted by Gasteiger charge is -2.11. The predicted molar refractivity (Wildman–Crippen MR) is 116 cm³/mol. The Hall–Kier alpha value is -3.74. The summed E-state index contributed by atoms with van der Waals surface area (Å²) in [5.74, 6) is 0.485. The molecule has 0 aliphatic carbocycles. The first-order valence-electron chi connectivity index (χ1n) is 9.84. The number of methoxy groups -OCH3 is 2. The summed E-state index contributed by atoms with van der Waals surface area (Å²) in [5.41, 5.74) is 3.67. The van der Waals surface area contributed by atoms with Crippen molar-refractivity contribution in [3.05, 3.63) is 58.1 Å². The summed E-state index contributed by atoms with van der Waals surface area (Å²) in [6, 6.07) is 8.88. The molecule has 0 atom stereocenters. The van der Waals surface area contributed by atoms with Crippen LogP contribution in [0.15, 0.2) is 50.2 Å². The molecular formula is C24H22O7. The van der Waals surface area contributed by atoms with Gasteiger partial charge >= 0.3 is 11.6 Å². The van der Waals surface area contributed by atoms with Crippen molar-refractivity contribution in [2.45, 2.75) is 26.2 Å². The van der Waals surface area contributed by atoms with Crippen molar-refractivity contribution in [3.63, 3.8) is 0 Å². The third-order valence-corrected chi connectivity index (χ3v) is 5.42. The van der Waals surface area contributed by atoms with E-state index in [1.807, 2.05) is 31.2 Å². The Bertz CT molecular complexity index is 1340. The summed E-state index contributed by atoms with van der Waals surface area (Å²) in [6.45, 7) is 1.84. The molecule has 7 nitrogen and oxygen atoms in total. The van der Waals surface area contributed by atoms with Crippen LogP contribution < -0.4 is 15.1 Å². The van der Waals surface area contributed by atoms with Crippen LogP contribution in [0.4, 0.5) is 0 Å². The number of aliphatic carboxylic acids is 1. The van der Waals surface area contributed by atoms with Gasteiger partial charge in [-0.05, 0) is 49.6 Å². The molecule has 2 aromatic heterocycles. The monoisotopic (exact) mass is 422 g/mol. The molecule has 2 heterocycles. The van der Waals surface area contributed by atoms with Crippen molar-refractivity contribution < 1.29 is 28.2 Å². The third-order valence-electron chi connectivity index (χ3n) is 5.42. The lowest BCUT2D eigenvalue weighted by molar-refractivity contribution is -0.137. The molecule has 7 heteroatoms. The Morgan fingerprint density at radius 2 is 1.84 bits per heavy atom. The first-order valence-corrected chi connectivity index (χ1v) is 9.84. The van der Waals surface area contributed by atoms with Crippen molar-refractivity contribution in [3.8, 4) is 22.6 Å². The molecule has 0 aliphatic rings. The third kappa shape index (κ3) is 3.74. The predicted octanol–water partition coefficient (Wildman–Crippen LogP) is 4.94. The number of furan rings is 1. The molecule has 0 spiro atoms. The molecule has 160 valence electrons. The maximum absolute atomic E-state index is 12.1. The van der Waals surface area contributed by atoms with E-state index in [1.54, 1.807) is 20.5 Å². The average molecular weight is 422 g/mol. The molecule has 0 unspecified atom stereocenters. The maximum atomic E-state index is 12.1. The molecule has 4 aromatic rings. The van der Waals surface area contributed by atoms with Gasteiger partial charge in [0.05, 0.1) is 20.5 Å². The number of carboxylic acids is 1. The number of hydrogen-bond donors (Lipinski definition) is 1. The number of rotatable bonds is 7. The fraction of sp³-hybridized carbons (Fsp3) is 0.250. The van der Waals surface area contributed by atoms with Gasteiger partial charge in [-0.2, -0.15) is 0 Å². The summed E-state index contributed by atoms with van der Waals surface area (Å²) < 4.78 is 22.3. The molecule has 0 radical (unpaired) electrons. The molecule has 2 aromatic carbocycles. The van der Waals surface area contributed by atoms with Crippen LogP contribution in [-0.2, 0) is 11.2 Å². The summed E-state index contributed by atoms with van der Waals surface area (Å²) in [5, 5.41) is 10.6. The maximum Gasteiger partial charge on any atom is 0.336 e. The van der Waals surface area contributed by atoms with Gasteiger partial charge in [0.15, 0.2) is 0 Å². The smallest absolute Gasteiger partial charge is 0.336 e. The Balaban J connectivity index is 1.95. The van der Waals surface area contributed by atoms with Gasteiger partial charge < -0.3 is 23.4 Å². The number of ether oxygens (including phenoxy) is 2. The van der Waals surface area contributed by atoms with Gasteiger partial charge in [0.2, 0.25) is 0 Å². The summed E-state index contributed by atoms with van der Waals surface area (Å²) in [7, 11) is 3.20. The summed E-state index contributed by atoms with van der Waals surface area (Å²) >= 11 is 0. The second-order valence-electron chi connectivity index (χ2n) is 7.31. The van der Waals surface area contributed by atoms with Gasteiger partial charge in [-0.1, -0.05) is 0 Å². The molecule has 0 saturated heterocycles. The highest BCUT2D eigenvalue weighted by molar-refractivity contribution is 6.05. The van der Waals surface area contributed by atoms with E-state index in [1.165, 1.54) is 6.07 Å². The van der Waals surface area contributed by atoms with Gasteiger partial charge in [-0.15, -0.1) is 0 Å². The van der Waals surface area contributed by atoms with Crippen LogP contribution in [0.3, 0.4) is 0 Å². The first kappa shape index (κ1) is 20.5. The second-order valence-corrected chi connectivity index (χ2v) is 7.31. The fourth-order valence-electron chi connectivity index (χ4n) is 3.91. The van der Waals surface area contributed by atoms with Gasteiger partial charge in [-0.3, -0.25) is 4.79 Å². The number of benzene rings is 2. The minimum absolute atomic E-state index is 0.0287. The average Bonchev–Trinajstić information content (AvgIpc) is 3.18. The van der Waals surface area contributed by atoms with Crippen LogP contribution in [-0.4, -0.2) is 25.3 Å². The fourth-order valence-corrected chi connectivity index (χ4v) is 3.91. The zero-order valence-electron chi connectivity index (χ0n) is 17.5. The number of carboxylic acid groups (broad SMARTS) is 1. The van der Waals surface area contributed by atoms with Crippen molar-refractivity contribution in [2.75, 3.05) is 14.2 Å². The van der Waals surface area contributed by atoms with Crippen LogP contribution in [0.25, 0.3) is 33.1 Å². The van der Waals surface area contributed by atoms with Crippen molar-refractivity contribution in [1.29, 1.82) is 0 Å². The first-order chi connectivity index (χ1) is 14.9. The van der Waals surface area contributed by atoms with Gasteiger partial charge in [0.25, 0.3) is 0 Å². The normalized spacial score (nSPS) is 11.2. The van der Waals surface area contributed by atoms with Gasteiger partial charge in [0.1, 0.15) is 22.7 Å². The van der Waals surface area contributed by atoms with E-state index in [0.29, 0.717) is 41.1 Å². The van der Waals surface area contributed by atoms with E-state index in [2.05, 4.69) is 0 Å². The molecule has 0 saturated carbocycles. The molecule has 0 amide bonds. The molecule has 4 rings (SSSR count). The Kier molecular flexibility index (Phi) is 5.42. The second kappa shape index (κ2) is 8.18. The molecule has 0 bridgehead atoms. The van der Waals surface area contributed by atoms with Crippen LogP contribution in [0.5, 0.6) is 11.5 Å². The molecule has 0 aliphatic heterocycles. The molecular weight excluding hydrogens is 400 g/mol. The van der Waals surface area contributed by atoms with Crippen LogP contribution in [0, 0.1) is 6.92 Å². The van der Waals surface area contributed by atoms with E-state index in [0.717, 1.165) is 27.5 Å². The van der Waals surface area contributed by atoms with Crippen molar-refractivity contribution >= 4 is 27.9 Å². The van der Waals surface area contributed by atoms with Crippen LogP contribution in [0.2, 0.25) is 0 Å². The number of aryl methyl sites for hydroxylation is 2. The topological polar surface area (TPSA) is 99.1 Å². The largest absolute Gasteiger partial charge is 0.497 e. The highest BCUT2D eigenvalue weighted by Gasteiger charge is 2.19. The van der Waals surface area contributed by atoms with E-state index in [9.17, 15) is 9.59 Å². The summed E-state index contributed by atoms with van der Waals surface area (Å²) in [6.07, 6.45) is 2.55. The van der Waals surface area contributed by atoms with Gasteiger partial charge in [0, 0.05) is 39.9 Å². The minimum atomic E-state index is -0.868. The molecule has 1 N–H and O–H groups in total. The lowest BCUT2D eigenvalue weighted by atomic mass is 9.97. The highest BCUT2D eigenvalue weighted by Crippen LogP contribution is 2.41. The Labute approximate surface area is 177 Å². The van der Waals surface area contributed by atoms with Gasteiger partial charge in [-0.25, -0.2) is 4.79 Å². The molecule has 0 fully saturated rings. The van der Waals surface area contributed by atoms with Crippen LogP contribution in [0.1, 0.15) is 24.0 Å². The summed E-state index contributed by atoms with van der Waals surface area (Å²) in [4.78, 5) is 23.0. The number of hydrogen-bond acceptors (Lipinski definition) is 6. The molecule has 31 heavy (non-hydrogen) atoms. The van der Waals surface area contributed by atoms with E-state index < -0.39 is 11.6 Å². The van der Waals surface area contributed by atoms with Crippen molar-refractivity contribution in [2.24, 2.45) is 0 Å². The zero-order valence-corrected chi connectivity index (χ0v) is 17.5. The SMILES string of the molecule is COc1ccc(OC)c(-c2coc3c(C)c4oc(=O)cc(CCCC(=O)O)c4cc23)c1. The standard InChI is InChI=1S/C24H22O7/c1-13-23-18(19(12-30-23)17-10-15(28-2)7-8-20(17)29-3)11-16-14(5-4-6-21(25)26)9-22(27)31-24(13)16/h7-12H,4-6H2,1-3H3,(H,25,26). The van der Waals surface area contributed by atoms with Crippen molar-refractivity contribution in [1.82, 2.24) is 0 Å². The quantitative estimate of drug-likeness (QED) is 0.421. The van der Waals surface area contributed by atoms with E-state index >= 15 is 0 Å². The Morgan fingerprint density at radius 3 is 2.55 bits per heavy atom. The van der Waals surface area contributed by atoms with E-state index in [4.69, 9.17) is 23.4 Å². The van der Waals surface area contributed by atoms with Crippen LogP contribution >= 0.6 is 0 Å². The number of fused-ring (bicyclic) bond motifs is 2. The van der Waals surface area contributed by atoms with E-state index in [-0.39, 0.29) is 6.42 Å². The zero-order chi connectivity index (χ0) is 22.1. The lowest BCUT2D eigenvalue weighted by Crippen LogP contribution is -2.03. The Morgan fingerprint density at radius 1 is 1.03 bits per heavy atom. The minimum Gasteiger partial charge on any atom is -0.497 e. The number of carbonyl (C=O) groups is 1.